The largest absolute Gasteiger partial charge is 0.416 e. The second-order valence-corrected chi connectivity index (χ2v) is 7.51. The summed E-state index contributed by atoms with van der Waals surface area (Å²) < 4.78 is 38.7. The molecule has 0 saturated carbocycles. The summed E-state index contributed by atoms with van der Waals surface area (Å²) in [6, 6.07) is 12.2. The van der Waals surface area contributed by atoms with E-state index in [1.807, 2.05) is 29.2 Å². The van der Waals surface area contributed by atoms with Crippen LogP contribution in [0.2, 0.25) is 0 Å². The van der Waals surface area contributed by atoms with Crippen molar-refractivity contribution >= 4 is 11.8 Å². The molecule has 2 aromatic rings. The van der Waals surface area contributed by atoms with E-state index in [2.05, 4.69) is 0 Å². The lowest BCUT2D eigenvalue weighted by atomic mass is 9.94. The first-order chi connectivity index (χ1) is 13.8. The van der Waals surface area contributed by atoms with Crippen LogP contribution >= 0.6 is 0 Å². The maximum Gasteiger partial charge on any atom is 0.416 e. The maximum absolute atomic E-state index is 12.9. The Morgan fingerprint density at radius 1 is 0.966 bits per heavy atom. The van der Waals surface area contributed by atoms with Gasteiger partial charge in [-0.05, 0) is 49.1 Å². The van der Waals surface area contributed by atoms with Crippen LogP contribution < -0.4 is 0 Å². The van der Waals surface area contributed by atoms with Crippen molar-refractivity contribution in [2.45, 2.75) is 31.5 Å². The molecule has 0 spiro atoms. The van der Waals surface area contributed by atoms with Gasteiger partial charge in [-0.1, -0.05) is 24.3 Å². The monoisotopic (exact) mass is 402 g/mol. The number of hydrogen-bond acceptors (Lipinski definition) is 2. The minimum Gasteiger partial charge on any atom is -0.338 e. The summed E-state index contributed by atoms with van der Waals surface area (Å²) in [6.45, 7) is 1.50. The van der Waals surface area contributed by atoms with Gasteiger partial charge < -0.3 is 9.80 Å². The van der Waals surface area contributed by atoms with Crippen molar-refractivity contribution in [1.29, 1.82) is 0 Å². The number of hydrogen-bond donors (Lipinski definition) is 0. The molecule has 0 aliphatic carbocycles. The molecular weight excluding hydrogens is 381 g/mol. The van der Waals surface area contributed by atoms with Crippen molar-refractivity contribution in [1.82, 2.24) is 9.80 Å². The number of rotatable bonds is 2. The number of nitrogens with zero attached hydrogens (tertiary/aromatic N) is 2. The van der Waals surface area contributed by atoms with E-state index in [4.69, 9.17) is 0 Å². The molecule has 152 valence electrons. The van der Waals surface area contributed by atoms with E-state index in [-0.39, 0.29) is 17.5 Å². The molecule has 0 aromatic heterocycles. The summed E-state index contributed by atoms with van der Waals surface area (Å²) in [4.78, 5) is 29.0. The molecule has 0 N–H and O–H groups in total. The molecule has 0 bridgehead atoms. The van der Waals surface area contributed by atoms with Crippen LogP contribution in [-0.2, 0) is 12.6 Å². The standard InChI is InChI=1S/C22H21F3N2O2/c23-22(24,25)17-6-3-5-16(14-17)20(28)26-11-9-18(10-12-26)27-13-8-15-4-1-2-7-19(15)21(27)29/h1-7,14,18H,8-13H2. The van der Waals surface area contributed by atoms with E-state index < -0.39 is 17.6 Å². The molecule has 2 heterocycles. The predicted molar refractivity (Wildman–Crippen MR) is 102 cm³/mol. The van der Waals surface area contributed by atoms with Crippen LogP contribution in [-0.4, -0.2) is 47.3 Å². The van der Waals surface area contributed by atoms with Gasteiger partial charge in [0.25, 0.3) is 11.8 Å². The van der Waals surface area contributed by atoms with Crippen LogP contribution in [0.5, 0.6) is 0 Å². The third kappa shape index (κ3) is 3.86. The second kappa shape index (κ2) is 7.54. The van der Waals surface area contributed by atoms with E-state index in [9.17, 15) is 22.8 Å². The normalized spacial score (nSPS) is 18.0. The molecule has 0 radical (unpaired) electrons. The highest BCUT2D eigenvalue weighted by Crippen LogP contribution is 2.30. The van der Waals surface area contributed by atoms with Gasteiger partial charge in [-0.15, -0.1) is 0 Å². The van der Waals surface area contributed by atoms with Crippen LogP contribution in [0.25, 0.3) is 0 Å². The molecule has 0 atom stereocenters. The van der Waals surface area contributed by atoms with Crippen LogP contribution in [0.1, 0.15) is 44.7 Å². The first-order valence-corrected chi connectivity index (χ1v) is 9.70. The number of piperidine rings is 1. The molecule has 0 unspecified atom stereocenters. The van der Waals surface area contributed by atoms with Crippen molar-refractivity contribution in [2.24, 2.45) is 0 Å². The Bertz CT molecular complexity index is 934. The summed E-state index contributed by atoms with van der Waals surface area (Å²) in [5, 5.41) is 0. The Hall–Kier alpha value is -2.83. The van der Waals surface area contributed by atoms with E-state index in [0.29, 0.717) is 32.5 Å². The van der Waals surface area contributed by atoms with Gasteiger partial charge in [-0.25, -0.2) is 0 Å². The quantitative estimate of drug-likeness (QED) is 0.762. The molecule has 4 rings (SSSR count). The Morgan fingerprint density at radius 3 is 2.41 bits per heavy atom. The third-order valence-electron chi connectivity index (χ3n) is 5.76. The van der Waals surface area contributed by atoms with Crippen LogP contribution in [0, 0.1) is 0 Å². The summed E-state index contributed by atoms with van der Waals surface area (Å²) >= 11 is 0. The highest BCUT2D eigenvalue weighted by Gasteiger charge is 2.34. The second-order valence-electron chi connectivity index (χ2n) is 7.51. The van der Waals surface area contributed by atoms with Gasteiger partial charge in [0.1, 0.15) is 0 Å². The maximum atomic E-state index is 12.9. The smallest absolute Gasteiger partial charge is 0.338 e. The summed E-state index contributed by atoms with van der Waals surface area (Å²) in [5.41, 5.74) is 1.02. The number of carbonyl (C=O) groups is 2. The lowest BCUT2D eigenvalue weighted by molar-refractivity contribution is -0.137. The van der Waals surface area contributed by atoms with Gasteiger partial charge in [0.05, 0.1) is 5.56 Å². The van der Waals surface area contributed by atoms with Crippen molar-refractivity contribution in [2.75, 3.05) is 19.6 Å². The molecule has 29 heavy (non-hydrogen) atoms. The average Bonchev–Trinajstić information content (AvgIpc) is 2.73. The molecule has 2 aliphatic rings. The SMILES string of the molecule is O=C(c1cccc(C(F)(F)F)c1)N1CCC(N2CCc3ccccc3C2=O)CC1. The first-order valence-electron chi connectivity index (χ1n) is 9.70. The zero-order valence-electron chi connectivity index (χ0n) is 15.8. The fourth-order valence-electron chi connectivity index (χ4n) is 4.18. The number of benzene rings is 2. The highest BCUT2D eigenvalue weighted by molar-refractivity contribution is 5.97. The third-order valence-corrected chi connectivity index (χ3v) is 5.76. The number of fused-ring (bicyclic) bond motifs is 1. The molecule has 2 amide bonds. The van der Waals surface area contributed by atoms with Crippen molar-refractivity contribution in [3.63, 3.8) is 0 Å². The Labute approximate surface area is 166 Å². The van der Waals surface area contributed by atoms with Gasteiger partial charge in [-0.3, -0.25) is 9.59 Å². The van der Waals surface area contributed by atoms with E-state index >= 15 is 0 Å². The van der Waals surface area contributed by atoms with Gasteiger partial charge in [0, 0.05) is 36.8 Å². The van der Waals surface area contributed by atoms with Gasteiger partial charge in [0.15, 0.2) is 0 Å². The number of halogens is 3. The average molecular weight is 402 g/mol. The topological polar surface area (TPSA) is 40.6 Å². The predicted octanol–water partition coefficient (Wildman–Crippen LogP) is 4.01. The zero-order chi connectivity index (χ0) is 20.6. The fraction of sp³-hybridized carbons (Fsp3) is 0.364. The number of carbonyl (C=O) groups excluding carboxylic acids is 2. The molecular formula is C22H21F3N2O2. The summed E-state index contributed by atoms with van der Waals surface area (Å²) in [6.07, 6.45) is -2.42. The number of amides is 2. The molecule has 7 heteroatoms. The van der Waals surface area contributed by atoms with Crippen molar-refractivity contribution < 1.29 is 22.8 Å². The Kier molecular flexibility index (Phi) is 5.06. The lowest BCUT2D eigenvalue weighted by Gasteiger charge is -2.40. The van der Waals surface area contributed by atoms with Gasteiger partial charge in [-0.2, -0.15) is 13.2 Å². The highest BCUT2D eigenvalue weighted by atomic mass is 19.4. The van der Waals surface area contributed by atoms with Crippen molar-refractivity contribution in [3.05, 3.63) is 70.8 Å². The molecule has 1 fully saturated rings. The fourth-order valence-corrected chi connectivity index (χ4v) is 4.18. The van der Waals surface area contributed by atoms with Gasteiger partial charge >= 0.3 is 6.18 Å². The molecule has 1 saturated heterocycles. The van der Waals surface area contributed by atoms with Crippen LogP contribution in [0.3, 0.4) is 0 Å². The summed E-state index contributed by atoms with van der Waals surface area (Å²) in [5.74, 6) is -0.376. The minimum absolute atomic E-state index is 0.0227. The van der Waals surface area contributed by atoms with Crippen LogP contribution in [0.15, 0.2) is 48.5 Å². The Morgan fingerprint density at radius 2 is 1.69 bits per heavy atom. The minimum atomic E-state index is -4.48. The molecule has 4 nitrogen and oxygen atoms in total. The van der Waals surface area contributed by atoms with Gasteiger partial charge in [0.2, 0.25) is 0 Å². The number of alkyl halides is 3. The van der Waals surface area contributed by atoms with Crippen molar-refractivity contribution in [3.8, 4) is 0 Å². The Balaban J connectivity index is 1.41. The summed E-state index contributed by atoms with van der Waals surface area (Å²) in [7, 11) is 0. The zero-order valence-corrected chi connectivity index (χ0v) is 15.8. The number of likely N-dealkylation sites (tertiary alicyclic amines) is 1. The van der Waals surface area contributed by atoms with E-state index in [0.717, 1.165) is 29.7 Å². The lowest BCUT2D eigenvalue weighted by Crippen LogP contribution is -2.50. The van der Waals surface area contributed by atoms with Crippen LogP contribution in [0.4, 0.5) is 13.2 Å². The van der Waals surface area contributed by atoms with E-state index in [1.54, 1.807) is 4.90 Å². The van der Waals surface area contributed by atoms with E-state index in [1.165, 1.54) is 12.1 Å². The molecule has 2 aliphatic heterocycles. The first kappa shape index (κ1) is 19.5. The molecule has 2 aromatic carbocycles.